The molecule has 1 heterocycles. The van der Waals surface area contributed by atoms with Crippen LogP contribution in [0.2, 0.25) is 0 Å². The first-order valence-corrected chi connectivity index (χ1v) is 8.98. The van der Waals surface area contributed by atoms with Crippen LogP contribution in [0.15, 0.2) is 64.1 Å². The molecular formula is C20H16N4O8. The van der Waals surface area contributed by atoms with E-state index in [0.29, 0.717) is 0 Å². The Hall–Kier alpha value is -4.74. The molecule has 1 amide bonds. The van der Waals surface area contributed by atoms with Crippen molar-refractivity contribution in [3.8, 4) is 11.7 Å². The number of carbonyl (C=O) groups is 1. The number of nitro groups is 2. The van der Waals surface area contributed by atoms with Gasteiger partial charge in [-0.25, -0.2) is 5.43 Å². The average molecular weight is 440 g/mol. The van der Waals surface area contributed by atoms with Crippen LogP contribution in [0.3, 0.4) is 0 Å². The van der Waals surface area contributed by atoms with E-state index in [0.717, 1.165) is 29.5 Å². The van der Waals surface area contributed by atoms with Crippen molar-refractivity contribution in [3.63, 3.8) is 0 Å². The zero-order valence-electron chi connectivity index (χ0n) is 16.6. The second-order valence-corrected chi connectivity index (χ2v) is 6.24. The van der Waals surface area contributed by atoms with E-state index < -0.39 is 27.1 Å². The van der Waals surface area contributed by atoms with Gasteiger partial charge in [-0.1, -0.05) is 12.1 Å². The fourth-order valence-corrected chi connectivity index (χ4v) is 2.51. The highest BCUT2D eigenvalue weighted by Gasteiger charge is 2.19. The Morgan fingerprint density at radius 1 is 1.06 bits per heavy atom. The number of methoxy groups -OCH3 is 1. The number of hydrogen-bond donors (Lipinski definition) is 1. The summed E-state index contributed by atoms with van der Waals surface area (Å²) in [6, 6.07) is 13.0. The van der Waals surface area contributed by atoms with Crippen LogP contribution in [0.1, 0.15) is 21.7 Å². The number of nitrogens with one attached hydrogen (secondary N) is 1. The Kier molecular flexibility index (Phi) is 6.75. The van der Waals surface area contributed by atoms with Crippen LogP contribution in [-0.2, 0) is 6.61 Å². The smallest absolute Gasteiger partial charge is 0.285 e. The van der Waals surface area contributed by atoms with Crippen molar-refractivity contribution in [3.05, 3.63) is 91.7 Å². The van der Waals surface area contributed by atoms with Crippen LogP contribution in [0.4, 0.5) is 11.4 Å². The molecule has 0 saturated heterocycles. The number of nitro benzene ring substituents is 2. The highest BCUT2D eigenvalue weighted by molar-refractivity contribution is 5.96. The summed E-state index contributed by atoms with van der Waals surface area (Å²) < 4.78 is 16.0. The fourth-order valence-electron chi connectivity index (χ4n) is 2.51. The van der Waals surface area contributed by atoms with E-state index in [1.807, 2.05) is 12.1 Å². The van der Waals surface area contributed by atoms with Crippen LogP contribution >= 0.6 is 0 Å². The molecule has 0 aliphatic rings. The van der Waals surface area contributed by atoms with Crippen molar-refractivity contribution in [2.75, 3.05) is 7.11 Å². The molecule has 0 unspecified atom stereocenters. The summed E-state index contributed by atoms with van der Waals surface area (Å²) in [6.07, 6.45) is 1.18. The maximum atomic E-state index is 12.2. The van der Waals surface area contributed by atoms with Crippen molar-refractivity contribution < 1.29 is 28.5 Å². The van der Waals surface area contributed by atoms with Gasteiger partial charge in [-0.3, -0.25) is 25.0 Å². The Bertz CT molecular complexity index is 1140. The predicted molar refractivity (Wildman–Crippen MR) is 111 cm³/mol. The minimum atomic E-state index is -0.865. The van der Waals surface area contributed by atoms with Crippen molar-refractivity contribution >= 4 is 23.5 Å². The zero-order chi connectivity index (χ0) is 23.1. The first-order valence-electron chi connectivity index (χ1n) is 8.98. The minimum absolute atomic E-state index is 0.225. The molecule has 2 aromatic carbocycles. The van der Waals surface area contributed by atoms with Crippen LogP contribution in [-0.4, -0.2) is 29.1 Å². The van der Waals surface area contributed by atoms with Gasteiger partial charge in [-0.05, 0) is 23.8 Å². The van der Waals surface area contributed by atoms with Crippen molar-refractivity contribution in [1.82, 2.24) is 5.43 Å². The largest absolute Gasteiger partial charge is 0.497 e. The summed E-state index contributed by atoms with van der Waals surface area (Å²) >= 11 is 0. The number of benzene rings is 2. The van der Waals surface area contributed by atoms with E-state index >= 15 is 0 Å². The number of hydrazone groups is 1. The maximum Gasteiger partial charge on any atom is 0.285 e. The van der Waals surface area contributed by atoms with Gasteiger partial charge in [0.15, 0.2) is 5.76 Å². The maximum absolute atomic E-state index is 12.2. The first-order chi connectivity index (χ1) is 15.4. The summed E-state index contributed by atoms with van der Waals surface area (Å²) in [5.74, 6) is 0.352. The van der Waals surface area contributed by atoms with E-state index in [-0.39, 0.29) is 23.9 Å². The first kappa shape index (κ1) is 22.0. The molecule has 0 aliphatic heterocycles. The number of hydrogen-bond acceptors (Lipinski definition) is 9. The lowest BCUT2D eigenvalue weighted by molar-refractivity contribution is -0.394. The van der Waals surface area contributed by atoms with Crippen LogP contribution < -0.4 is 14.9 Å². The third-order valence-electron chi connectivity index (χ3n) is 4.09. The van der Waals surface area contributed by atoms with Crippen LogP contribution in [0, 0.1) is 20.2 Å². The predicted octanol–water partition coefficient (Wildman–Crippen LogP) is 3.45. The van der Waals surface area contributed by atoms with Gasteiger partial charge in [0.2, 0.25) is 0 Å². The molecule has 164 valence electrons. The summed E-state index contributed by atoms with van der Waals surface area (Å²) in [4.78, 5) is 32.3. The molecule has 0 atom stereocenters. The van der Waals surface area contributed by atoms with E-state index in [9.17, 15) is 25.0 Å². The topological polar surface area (TPSA) is 159 Å². The molecule has 1 N–H and O–H groups in total. The Balaban J connectivity index is 1.59. The molecule has 0 bridgehead atoms. The molecule has 32 heavy (non-hydrogen) atoms. The van der Waals surface area contributed by atoms with Crippen molar-refractivity contribution in [2.45, 2.75) is 6.61 Å². The molecule has 0 saturated carbocycles. The molecule has 0 aliphatic carbocycles. The second kappa shape index (κ2) is 9.84. The third kappa shape index (κ3) is 5.66. The highest BCUT2D eigenvalue weighted by Crippen LogP contribution is 2.23. The quantitative estimate of drug-likeness (QED) is 0.301. The van der Waals surface area contributed by atoms with Gasteiger partial charge in [0.25, 0.3) is 23.2 Å². The molecule has 3 aromatic rings. The molecule has 1 aromatic heterocycles. The lowest BCUT2D eigenvalue weighted by Gasteiger charge is -2.04. The number of rotatable bonds is 9. The Morgan fingerprint density at radius 2 is 1.72 bits per heavy atom. The normalized spacial score (nSPS) is 10.7. The number of ether oxygens (including phenoxy) is 2. The standard InChI is InChI=1S/C20H16N4O8/c1-30-17-4-2-13(3-5-17)12-31-19-7-6-18(32-19)11-21-22-20(25)14-8-15(23(26)27)10-16(9-14)24(28)29/h2-11H,12H2,1H3,(H,22,25)/b21-11+. The minimum Gasteiger partial charge on any atom is -0.497 e. The molecule has 12 nitrogen and oxygen atoms in total. The second-order valence-electron chi connectivity index (χ2n) is 6.24. The van der Waals surface area contributed by atoms with Crippen LogP contribution in [0.25, 0.3) is 0 Å². The number of non-ortho nitro benzene ring substituents is 2. The molecule has 12 heteroatoms. The van der Waals surface area contributed by atoms with Gasteiger partial charge < -0.3 is 13.9 Å². The lowest BCUT2D eigenvalue weighted by Crippen LogP contribution is -2.18. The van der Waals surface area contributed by atoms with E-state index in [1.165, 1.54) is 6.21 Å². The SMILES string of the molecule is COc1ccc(COc2ccc(/C=N/NC(=O)c3cc([N+](=O)[O-])cc([N+](=O)[O-])c3)o2)cc1. The average Bonchev–Trinajstić information content (AvgIpc) is 3.25. The molecule has 3 rings (SSSR count). The number of carbonyl (C=O) groups excluding carboxylic acids is 1. The van der Waals surface area contributed by atoms with Gasteiger partial charge in [0.05, 0.1) is 34.8 Å². The Morgan fingerprint density at radius 3 is 2.31 bits per heavy atom. The van der Waals surface area contributed by atoms with Gasteiger partial charge in [-0.15, -0.1) is 0 Å². The fraction of sp³-hybridized carbons (Fsp3) is 0.100. The zero-order valence-corrected chi connectivity index (χ0v) is 16.6. The van der Waals surface area contributed by atoms with Crippen LogP contribution in [0.5, 0.6) is 11.7 Å². The van der Waals surface area contributed by atoms with Gasteiger partial charge in [0.1, 0.15) is 12.4 Å². The lowest BCUT2D eigenvalue weighted by atomic mass is 10.1. The van der Waals surface area contributed by atoms with Crippen molar-refractivity contribution in [1.29, 1.82) is 0 Å². The summed E-state index contributed by atoms with van der Waals surface area (Å²) in [5, 5.41) is 25.5. The number of furan rings is 1. The highest BCUT2D eigenvalue weighted by atomic mass is 16.6. The molecular weight excluding hydrogens is 424 g/mol. The van der Waals surface area contributed by atoms with Gasteiger partial charge in [0, 0.05) is 18.2 Å². The van der Waals surface area contributed by atoms with E-state index in [4.69, 9.17) is 13.9 Å². The molecule has 0 spiro atoms. The number of amides is 1. The Labute approximate surface area is 180 Å². The summed E-state index contributed by atoms with van der Waals surface area (Å²) in [7, 11) is 1.58. The summed E-state index contributed by atoms with van der Waals surface area (Å²) in [5.41, 5.74) is 1.57. The monoisotopic (exact) mass is 440 g/mol. The van der Waals surface area contributed by atoms with Crippen molar-refractivity contribution in [2.24, 2.45) is 5.10 Å². The number of nitrogens with zero attached hydrogens (tertiary/aromatic N) is 3. The van der Waals surface area contributed by atoms with Gasteiger partial charge in [-0.2, -0.15) is 5.10 Å². The van der Waals surface area contributed by atoms with Gasteiger partial charge >= 0.3 is 0 Å². The third-order valence-corrected chi connectivity index (χ3v) is 4.09. The van der Waals surface area contributed by atoms with E-state index in [1.54, 1.807) is 31.4 Å². The molecule has 0 radical (unpaired) electrons. The van der Waals surface area contributed by atoms with E-state index in [2.05, 4.69) is 10.5 Å². The molecule has 0 fully saturated rings. The summed E-state index contributed by atoms with van der Waals surface area (Å²) in [6.45, 7) is 0.260.